The third kappa shape index (κ3) is 2.59. The third-order valence-electron chi connectivity index (χ3n) is 2.58. The van der Waals surface area contributed by atoms with Gasteiger partial charge in [0.15, 0.2) is 0 Å². The van der Waals surface area contributed by atoms with E-state index in [1.54, 1.807) is 12.5 Å². The lowest BCUT2D eigenvalue weighted by Gasteiger charge is -2.12. The Morgan fingerprint density at radius 3 is 2.83 bits per heavy atom. The molecule has 0 aromatic carbocycles. The van der Waals surface area contributed by atoms with E-state index in [1.807, 2.05) is 27.2 Å². The van der Waals surface area contributed by atoms with Crippen LogP contribution in [-0.4, -0.2) is 19.1 Å². The Hall–Kier alpha value is -0.890. The van der Waals surface area contributed by atoms with Gasteiger partial charge in [0, 0.05) is 12.2 Å². The molecule has 0 saturated carbocycles. The van der Waals surface area contributed by atoms with Crippen molar-refractivity contribution in [2.45, 2.75) is 26.4 Å². The van der Waals surface area contributed by atoms with E-state index < -0.39 is 0 Å². The van der Waals surface area contributed by atoms with E-state index in [2.05, 4.69) is 23.8 Å². The number of aromatic nitrogens is 4. The second-order valence-corrected chi connectivity index (χ2v) is 5.61. The number of hydrogen-bond acceptors (Lipinski definition) is 3. The normalized spacial score (nSPS) is 11.2. The Bertz CT molecular complexity index is 620. The highest BCUT2D eigenvalue weighted by Gasteiger charge is 2.10. The topological polar surface area (TPSA) is 52.7 Å². The summed E-state index contributed by atoms with van der Waals surface area (Å²) < 4.78 is 3.99. The fraction of sp³-hybridized carbons (Fsp3) is 0.364. The van der Waals surface area contributed by atoms with E-state index in [9.17, 15) is 4.79 Å². The molecule has 0 bridgehead atoms. The zero-order valence-electron chi connectivity index (χ0n) is 9.97. The molecule has 2 aromatic rings. The summed E-state index contributed by atoms with van der Waals surface area (Å²) in [6.45, 7) is 4.58. The van der Waals surface area contributed by atoms with E-state index in [0.717, 1.165) is 5.69 Å². The van der Waals surface area contributed by atoms with E-state index in [0.29, 0.717) is 16.2 Å². The van der Waals surface area contributed by atoms with Crippen molar-refractivity contribution in [3.63, 3.8) is 0 Å². The average Bonchev–Trinajstić information content (AvgIpc) is 2.78. The van der Waals surface area contributed by atoms with Gasteiger partial charge in [-0.3, -0.25) is 9.36 Å². The summed E-state index contributed by atoms with van der Waals surface area (Å²) in [6, 6.07) is 0.303. The van der Waals surface area contributed by atoms with Crippen molar-refractivity contribution >= 4 is 34.2 Å². The zero-order valence-corrected chi connectivity index (χ0v) is 12.9. The van der Waals surface area contributed by atoms with E-state index >= 15 is 0 Å². The highest BCUT2D eigenvalue weighted by atomic mass is 127. The Morgan fingerprint density at radius 2 is 2.17 bits per heavy atom. The summed E-state index contributed by atoms with van der Waals surface area (Å²) in [5.74, 6) is 0. The molecule has 0 unspecified atom stereocenters. The Morgan fingerprint density at radius 1 is 1.44 bits per heavy atom. The molecule has 0 aliphatic carbocycles. The molecule has 0 saturated heterocycles. The van der Waals surface area contributed by atoms with Crippen LogP contribution in [0, 0.1) is 3.57 Å². The first-order valence-electron chi connectivity index (χ1n) is 5.42. The summed E-state index contributed by atoms with van der Waals surface area (Å²) >= 11 is 7.71. The van der Waals surface area contributed by atoms with Crippen LogP contribution >= 0.6 is 34.2 Å². The van der Waals surface area contributed by atoms with Gasteiger partial charge in [-0.1, -0.05) is 11.6 Å². The molecule has 0 N–H and O–H groups in total. The molecule has 0 spiro atoms. The van der Waals surface area contributed by atoms with Crippen LogP contribution in [0.5, 0.6) is 0 Å². The van der Waals surface area contributed by atoms with Gasteiger partial charge in [-0.15, -0.1) is 0 Å². The summed E-state index contributed by atoms with van der Waals surface area (Å²) in [4.78, 5) is 20.1. The maximum absolute atomic E-state index is 12.0. The van der Waals surface area contributed by atoms with Crippen molar-refractivity contribution in [1.82, 2.24) is 19.1 Å². The van der Waals surface area contributed by atoms with Gasteiger partial charge < -0.3 is 4.57 Å². The number of imidazole rings is 1. The third-order valence-corrected chi connectivity index (χ3v) is 4.15. The number of rotatable bonds is 3. The van der Waals surface area contributed by atoms with E-state index in [-0.39, 0.29) is 10.7 Å². The fourth-order valence-corrected chi connectivity index (χ4v) is 2.22. The minimum Gasteiger partial charge on any atom is -0.330 e. The molecule has 0 aliphatic heterocycles. The second-order valence-electron chi connectivity index (χ2n) is 4.17. The molecule has 0 radical (unpaired) electrons. The fourth-order valence-electron chi connectivity index (χ4n) is 1.65. The van der Waals surface area contributed by atoms with Crippen molar-refractivity contribution in [1.29, 1.82) is 0 Å². The first-order valence-corrected chi connectivity index (χ1v) is 6.87. The summed E-state index contributed by atoms with van der Waals surface area (Å²) in [6.07, 6.45) is 4.98. The Kier molecular flexibility index (Phi) is 4.06. The van der Waals surface area contributed by atoms with Crippen LogP contribution in [0.3, 0.4) is 0 Å². The summed E-state index contributed by atoms with van der Waals surface area (Å²) in [7, 11) is 0. The van der Waals surface area contributed by atoms with Crippen molar-refractivity contribution in [2.75, 3.05) is 0 Å². The van der Waals surface area contributed by atoms with Crippen molar-refractivity contribution in [3.05, 3.63) is 43.6 Å². The molecule has 0 aliphatic rings. The van der Waals surface area contributed by atoms with Crippen LogP contribution in [-0.2, 0) is 6.54 Å². The molecular weight excluding hydrogens is 367 g/mol. The van der Waals surface area contributed by atoms with Gasteiger partial charge in [-0.05, 0) is 36.4 Å². The van der Waals surface area contributed by atoms with Crippen LogP contribution in [0.1, 0.15) is 25.6 Å². The quantitative estimate of drug-likeness (QED) is 0.608. The van der Waals surface area contributed by atoms with Crippen LogP contribution in [0.15, 0.2) is 23.6 Å². The Labute approximate surface area is 123 Å². The number of nitrogens with zero attached hydrogens (tertiary/aromatic N) is 4. The number of hydrogen-bond donors (Lipinski definition) is 0. The predicted molar refractivity (Wildman–Crippen MR) is 77.9 cm³/mol. The molecule has 2 aromatic heterocycles. The molecule has 2 rings (SSSR count). The smallest absolute Gasteiger partial charge is 0.268 e. The minimum absolute atomic E-state index is 0.132. The van der Waals surface area contributed by atoms with Gasteiger partial charge in [-0.2, -0.15) is 0 Å². The molecule has 0 atom stereocenters. The second kappa shape index (κ2) is 5.40. The predicted octanol–water partition coefficient (Wildman–Crippen LogP) is 2.33. The lowest BCUT2D eigenvalue weighted by atomic mass is 10.3. The molecule has 5 nitrogen and oxygen atoms in total. The molecule has 0 amide bonds. The summed E-state index contributed by atoms with van der Waals surface area (Å²) in [5, 5.41) is 0.245. The van der Waals surface area contributed by atoms with Crippen LogP contribution in [0.4, 0.5) is 0 Å². The van der Waals surface area contributed by atoms with Gasteiger partial charge in [0.25, 0.3) is 5.56 Å². The van der Waals surface area contributed by atoms with Gasteiger partial charge in [-0.25, -0.2) is 9.97 Å². The average molecular weight is 379 g/mol. The van der Waals surface area contributed by atoms with E-state index in [1.165, 1.54) is 10.9 Å². The molecule has 0 fully saturated rings. The van der Waals surface area contributed by atoms with Crippen LogP contribution < -0.4 is 5.56 Å². The van der Waals surface area contributed by atoms with Gasteiger partial charge >= 0.3 is 0 Å². The monoisotopic (exact) mass is 378 g/mol. The highest BCUT2D eigenvalue weighted by molar-refractivity contribution is 14.1. The van der Waals surface area contributed by atoms with Gasteiger partial charge in [0.05, 0.1) is 24.9 Å². The van der Waals surface area contributed by atoms with E-state index in [4.69, 9.17) is 11.6 Å². The molecule has 18 heavy (non-hydrogen) atoms. The zero-order chi connectivity index (χ0) is 13.3. The summed E-state index contributed by atoms with van der Waals surface area (Å²) in [5.41, 5.74) is 0.833. The van der Waals surface area contributed by atoms with Gasteiger partial charge in [0.2, 0.25) is 0 Å². The maximum Gasteiger partial charge on any atom is 0.268 e. The van der Waals surface area contributed by atoms with Crippen LogP contribution in [0.25, 0.3) is 0 Å². The molecule has 96 valence electrons. The molecule has 2 heterocycles. The van der Waals surface area contributed by atoms with Crippen molar-refractivity contribution in [2.24, 2.45) is 0 Å². The van der Waals surface area contributed by atoms with Gasteiger partial charge in [0.1, 0.15) is 8.72 Å². The highest BCUT2D eigenvalue weighted by Crippen LogP contribution is 2.12. The minimum atomic E-state index is -0.132. The lowest BCUT2D eigenvalue weighted by molar-refractivity contribution is 0.555. The first kappa shape index (κ1) is 13.5. The molecular formula is C11H12ClIN4O. The first-order chi connectivity index (χ1) is 8.50. The molecule has 7 heteroatoms. The van der Waals surface area contributed by atoms with Crippen LogP contribution in [0.2, 0.25) is 5.15 Å². The number of halogens is 2. The lowest BCUT2D eigenvalue weighted by Crippen LogP contribution is -2.24. The standard InChI is InChI=1S/C11H12ClIN4O/c1-7(2)17-5-14-3-8(17)4-16-6-15-10(12)9(13)11(16)18/h3,5-7H,4H2,1-2H3. The largest absolute Gasteiger partial charge is 0.330 e. The Balaban J connectivity index is 2.38. The SMILES string of the molecule is CC(C)n1cncc1Cn1cnc(Cl)c(I)c1=O. The van der Waals surface area contributed by atoms with Crippen molar-refractivity contribution in [3.8, 4) is 0 Å². The van der Waals surface area contributed by atoms with Crippen molar-refractivity contribution < 1.29 is 0 Å². The maximum atomic E-state index is 12.0.